The zero-order chi connectivity index (χ0) is 30.8. The van der Waals surface area contributed by atoms with Crippen LogP contribution in [-0.4, -0.2) is 43.0 Å². The molecule has 1 aromatic carbocycles. The number of nitrogens with one attached hydrogen (secondary N) is 2. The second-order valence-corrected chi connectivity index (χ2v) is 14.3. The highest BCUT2D eigenvalue weighted by atomic mass is 32.1. The van der Waals surface area contributed by atoms with Crippen LogP contribution in [0.5, 0.6) is 5.75 Å². The van der Waals surface area contributed by atoms with E-state index in [1.807, 2.05) is 24.3 Å². The molecule has 43 heavy (non-hydrogen) atoms. The van der Waals surface area contributed by atoms with Gasteiger partial charge in [-0.05, 0) is 134 Å². The van der Waals surface area contributed by atoms with Gasteiger partial charge in [0, 0.05) is 24.5 Å². The molecule has 234 valence electrons. The van der Waals surface area contributed by atoms with Crippen molar-refractivity contribution in [2.75, 3.05) is 14.2 Å². The molecule has 0 aliphatic heterocycles. The topological polar surface area (TPSA) is 101 Å². The van der Waals surface area contributed by atoms with Crippen LogP contribution in [0, 0.1) is 46.3 Å². The zero-order valence-corrected chi connectivity index (χ0v) is 27.2. The second-order valence-electron chi connectivity index (χ2n) is 13.9. The number of carbonyl (C=O) groups is 2. The van der Waals surface area contributed by atoms with Crippen molar-refractivity contribution in [3.05, 3.63) is 29.8 Å². The minimum atomic E-state index is -0.122. The minimum absolute atomic E-state index is 0.122. The maximum absolute atomic E-state index is 13.9. The lowest BCUT2D eigenvalue weighted by Gasteiger charge is -2.60. The first kappa shape index (κ1) is 31.6. The number of hydrogen-bond acceptors (Lipinski definition) is 7. The number of ketones is 1. The van der Waals surface area contributed by atoms with Crippen LogP contribution in [0.2, 0.25) is 0 Å². The van der Waals surface area contributed by atoms with Gasteiger partial charge in [0.05, 0.1) is 20.4 Å². The molecule has 8 nitrogen and oxygen atoms in total. The molecule has 4 saturated carbocycles. The number of fused-ring (bicyclic) bond motifs is 5. The molecular formula is C34H48N4O4S. The summed E-state index contributed by atoms with van der Waals surface area (Å²) in [7, 11) is 3.11. The van der Waals surface area contributed by atoms with Gasteiger partial charge in [-0.2, -0.15) is 10.2 Å². The molecule has 8 atom stereocenters. The van der Waals surface area contributed by atoms with Gasteiger partial charge in [0.2, 0.25) is 5.11 Å². The Bertz CT molecular complexity index is 1270. The van der Waals surface area contributed by atoms with Crippen molar-refractivity contribution < 1.29 is 19.1 Å². The standard InChI is InChI=1S/C34H48N4O4S/c1-21(6-13-30(40)42-5)26-11-12-27-31-28(15-17-34(26,27)3)33(2)16-14-24(18-23(33)19-29(31)39)36-38-32(43)37-35-20-22-7-9-25(41-4)10-8-22/h7-10,20-21,23,26-28,31H,6,11-19H2,1-5H3,(H2,37,38,43)/b35-20+,36-24+/t21-,23+,26-,27+,28+,31+,33+,34-/m1/s1. The molecule has 0 saturated heterocycles. The smallest absolute Gasteiger partial charge is 0.305 e. The van der Waals surface area contributed by atoms with Gasteiger partial charge in [-0.1, -0.05) is 20.8 Å². The van der Waals surface area contributed by atoms with Crippen LogP contribution in [0.4, 0.5) is 0 Å². The molecule has 4 aliphatic carbocycles. The predicted molar refractivity (Wildman–Crippen MR) is 173 cm³/mol. The van der Waals surface area contributed by atoms with E-state index in [0.29, 0.717) is 53.3 Å². The van der Waals surface area contributed by atoms with Gasteiger partial charge in [0.15, 0.2) is 0 Å². The Balaban J connectivity index is 1.18. The van der Waals surface area contributed by atoms with Crippen molar-refractivity contribution in [2.45, 2.75) is 85.0 Å². The van der Waals surface area contributed by atoms with Crippen molar-refractivity contribution in [3.63, 3.8) is 0 Å². The van der Waals surface area contributed by atoms with E-state index in [-0.39, 0.29) is 22.7 Å². The summed E-state index contributed by atoms with van der Waals surface area (Å²) in [5.41, 5.74) is 8.15. The number of benzene rings is 1. The summed E-state index contributed by atoms with van der Waals surface area (Å²) in [6.45, 7) is 7.22. The number of methoxy groups -OCH3 is 2. The van der Waals surface area contributed by atoms with Gasteiger partial charge in [-0.25, -0.2) is 0 Å². The average Bonchev–Trinajstić information content (AvgIpc) is 3.36. The summed E-state index contributed by atoms with van der Waals surface area (Å²) in [5, 5.41) is 9.19. The summed E-state index contributed by atoms with van der Waals surface area (Å²) >= 11 is 5.39. The molecule has 0 spiro atoms. The van der Waals surface area contributed by atoms with Crippen molar-refractivity contribution in [1.29, 1.82) is 0 Å². The third kappa shape index (κ3) is 6.38. The Morgan fingerprint density at radius 2 is 1.81 bits per heavy atom. The normalized spacial score (nSPS) is 35.0. The van der Waals surface area contributed by atoms with E-state index >= 15 is 0 Å². The second kappa shape index (κ2) is 13.0. The Hall–Kier alpha value is -2.81. The number of thiocarbonyl (C=S) groups is 1. The molecule has 0 heterocycles. The third-order valence-electron chi connectivity index (χ3n) is 11.9. The van der Waals surface area contributed by atoms with Crippen molar-refractivity contribution in [1.82, 2.24) is 10.9 Å². The molecule has 0 unspecified atom stereocenters. The molecule has 0 bridgehead atoms. The highest BCUT2D eigenvalue weighted by Crippen LogP contribution is 2.67. The summed E-state index contributed by atoms with van der Waals surface area (Å²) in [5.74, 6) is 3.59. The van der Waals surface area contributed by atoms with Crippen molar-refractivity contribution in [2.24, 2.45) is 56.5 Å². The van der Waals surface area contributed by atoms with E-state index in [0.717, 1.165) is 55.5 Å². The number of hydrazone groups is 2. The molecule has 9 heteroatoms. The van der Waals surface area contributed by atoms with E-state index in [4.69, 9.17) is 21.7 Å². The number of ether oxygens (including phenoxy) is 2. The van der Waals surface area contributed by atoms with Gasteiger partial charge in [-0.3, -0.25) is 20.4 Å². The Morgan fingerprint density at radius 1 is 1.07 bits per heavy atom. The fraction of sp³-hybridized carbons (Fsp3) is 0.676. The van der Waals surface area contributed by atoms with E-state index in [1.165, 1.54) is 20.0 Å². The summed E-state index contributed by atoms with van der Waals surface area (Å²) in [6.07, 6.45) is 11.1. The summed E-state index contributed by atoms with van der Waals surface area (Å²) in [4.78, 5) is 25.7. The number of carbonyl (C=O) groups excluding carboxylic acids is 2. The van der Waals surface area contributed by atoms with Gasteiger partial charge in [0.25, 0.3) is 0 Å². The molecule has 0 aromatic heterocycles. The monoisotopic (exact) mass is 608 g/mol. The van der Waals surface area contributed by atoms with Crippen LogP contribution in [0.15, 0.2) is 34.5 Å². The molecule has 5 rings (SSSR count). The maximum atomic E-state index is 13.9. The molecule has 1 aromatic rings. The number of nitrogens with zero attached hydrogens (tertiary/aromatic N) is 2. The Kier molecular flexibility index (Phi) is 9.59. The lowest BCUT2D eigenvalue weighted by molar-refractivity contribution is -0.153. The van der Waals surface area contributed by atoms with Crippen molar-refractivity contribution >= 4 is 41.0 Å². The Morgan fingerprint density at radius 3 is 2.53 bits per heavy atom. The van der Waals surface area contributed by atoms with Crippen LogP contribution in [0.1, 0.15) is 90.5 Å². The van der Waals surface area contributed by atoms with Crippen LogP contribution >= 0.6 is 12.2 Å². The van der Waals surface area contributed by atoms with Crippen LogP contribution in [0.25, 0.3) is 0 Å². The van der Waals surface area contributed by atoms with E-state index in [9.17, 15) is 9.59 Å². The van der Waals surface area contributed by atoms with E-state index < -0.39 is 0 Å². The lowest BCUT2D eigenvalue weighted by atomic mass is 9.44. The van der Waals surface area contributed by atoms with Crippen LogP contribution in [-0.2, 0) is 14.3 Å². The van der Waals surface area contributed by atoms with Gasteiger partial charge in [-0.15, -0.1) is 0 Å². The number of hydrogen-bond donors (Lipinski definition) is 2. The fourth-order valence-electron chi connectivity index (χ4n) is 9.47. The first-order valence-electron chi connectivity index (χ1n) is 16.0. The maximum Gasteiger partial charge on any atom is 0.305 e. The summed E-state index contributed by atoms with van der Waals surface area (Å²) in [6, 6.07) is 7.60. The van der Waals surface area contributed by atoms with E-state index in [1.54, 1.807) is 13.3 Å². The molecule has 4 fully saturated rings. The molecular weight excluding hydrogens is 560 g/mol. The quantitative estimate of drug-likeness (QED) is 0.155. The SMILES string of the molecule is COC(=O)CC[C@@H](C)[C@H]1CC[C@H]2[C@@H]3C(=O)C[C@@H]4C/C(=N/NC(=S)N/N=C/c5ccc(OC)cc5)CC[C@]4(C)[C@H]3CC[C@]12C. The zero-order valence-electron chi connectivity index (χ0n) is 26.4. The highest BCUT2D eigenvalue weighted by Gasteiger charge is 2.62. The molecule has 2 N–H and O–H groups in total. The molecule has 0 amide bonds. The third-order valence-corrected chi connectivity index (χ3v) is 12.1. The van der Waals surface area contributed by atoms with E-state index in [2.05, 4.69) is 41.8 Å². The van der Waals surface area contributed by atoms with Crippen molar-refractivity contribution in [3.8, 4) is 5.75 Å². The number of esters is 1. The average molecular weight is 609 g/mol. The summed E-state index contributed by atoms with van der Waals surface area (Å²) < 4.78 is 10.1. The van der Waals surface area contributed by atoms with Crippen LogP contribution < -0.4 is 15.6 Å². The fourth-order valence-corrected chi connectivity index (χ4v) is 9.57. The van der Waals surface area contributed by atoms with Crippen LogP contribution in [0.3, 0.4) is 0 Å². The molecule has 0 radical (unpaired) electrons. The van der Waals surface area contributed by atoms with Gasteiger partial charge in [0.1, 0.15) is 11.5 Å². The minimum Gasteiger partial charge on any atom is -0.497 e. The van der Waals surface area contributed by atoms with Gasteiger partial charge < -0.3 is 9.47 Å². The predicted octanol–water partition coefficient (Wildman–Crippen LogP) is 6.28. The largest absolute Gasteiger partial charge is 0.497 e. The first-order chi connectivity index (χ1) is 20.6. The van der Waals surface area contributed by atoms with Gasteiger partial charge >= 0.3 is 5.97 Å². The molecule has 4 aliphatic rings. The first-order valence-corrected chi connectivity index (χ1v) is 16.4. The lowest BCUT2D eigenvalue weighted by Crippen LogP contribution is -2.57. The number of Topliss-reactive ketones (excluding diaryl/α,β-unsaturated/α-hetero) is 1. The Labute approximate surface area is 261 Å². The highest BCUT2D eigenvalue weighted by molar-refractivity contribution is 7.80. The number of rotatable bonds is 8.